The second-order valence-electron chi connectivity index (χ2n) is 6.29. The molecule has 140 valence electrons. The summed E-state index contributed by atoms with van der Waals surface area (Å²) in [5.41, 5.74) is 2.38. The van der Waals surface area contributed by atoms with Crippen LogP contribution < -0.4 is 4.74 Å². The van der Waals surface area contributed by atoms with Gasteiger partial charge in [-0.3, -0.25) is 4.79 Å². The maximum atomic E-state index is 12.6. The Balaban J connectivity index is 2.23. The molecule has 0 saturated heterocycles. The van der Waals surface area contributed by atoms with Crippen molar-refractivity contribution in [2.45, 2.75) is 26.7 Å². The van der Waals surface area contributed by atoms with Crippen molar-refractivity contribution < 1.29 is 24.3 Å². The highest BCUT2D eigenvalue weighted by Crippen LogP contribution is 2.42. The summed E-state index contributed by atoms with van der Waals surface area (Å²) < 4.78 is 10.7. The van der Waals surface area contributed by atoms with Crippen molar-refractivity contribution >= 4 is 5.78 Å². The fourth-order valence-corrected chi connectivity index (χ4v) is 2.90. The lowest BCUT2D eigenvalue weighted by atomic mass is 9.95. The van der Waals surface area contributed by atoms with Crippen LogP contribution in [-0.4, -0.2) is 28.3 Å². The van der Waals surface area contributed by atoms with Gasteiger partial charge in [0, 0.05) is 12.5 Å². The molecule has 27 heavy (non-hydrogen) atoms. The molecule has 1 heterocycles. The molecule has 0 aliphatic carbocycles. The van der Waals surface area contributed by atoms with Crippen molar-refractivity contribution in [1.82, 2.24) is 5.16 Å². The Hall–Kier alpha value is -3.28. The van der Waals surface area contributed by atoms with Gasteiger partial charge in [-0.1, -0.05) is 24.2 Å². The number of phenols is 2. The van der Waals surface area contributed by atoms with Crippen molar-refractivity contribution in [3.8, 4) is 39.7 Å². The molecule has 0 radical (unpaired) electrons. The Morgan fingerprint density at radius 1 is 1.15 bits per heavy atom. The van der Waals surface area contributed by atoms with Gasteiger partial charge >= 0.3 is 0 Å². The molecule has 3 aromatic rings. The first kappa shape index (κ1) is 18.5. The summed E-state index contributed by atoms with van der Waals surface area (Å²) in [4.78, 5) is 12.6. The number of nitrogens with zero attached hydrogens (tertiary/aromatic N) is 1. The minimum absolute atomic E-state index is 0.0240. The third-order valence-electron chi connectivity index (χ3n) is 4.37. The first-order chi connectivity index (χ1) is 13.0. The number of hydrogen-bond donors (Lipinski definition) is 2. The van der Waals surface area contributed by atoms with Gasteiger partial charge in [-0.25, -0.2) is 0 Å². The van der Waals surface area contributed by atoms with Crippen molar-refractivity contribution in [1.29, 1.82) is 0 Å². The number of aromatic hydroxyl groups is 2. The monoisotopic (exact) mass is 367 g/mol. The van der Waals surface area contributed by atoms with E-state index in [0.29, 0.717) is 35.3 Å². The van der Waals surface area contributed by atoms with Crippen molar-refractivity contribution in [2.24, 2.45) is 0 Å². The predicted molar refractivity (Wildman–Crippen MR) is 101 cm³/mol. The lowest BCUT2D eigenvalue weighted by Gasteiger charge is -2.09. The molecule has 0 fully saturated rings. The fourth-order valence-electron chi connectivity index (χ4n) is 2.90. The number of carbonyl (C=O) groups is 1. The third-order valence-corrected chi connectivity index (χ3v) is 4.37. The molecule has 0 atom stereocenters. The van der Waals surface area contributed by atoms with E-state index < -0.39 is 0 Å². The third kappa shape index (κ3) is 3.51. The number of aromatic nitrogens is 1. The molecule has 0 spiro atoms. The SMILES string of the molecule is CCCC(=O)c1noc(-c2cc(C)c(O)cc2O)c1-c1ccc(OC)cc1. The molecule has 0 saturated carbocycles. The average Bonchev–Trinajstić information content (AvgIpc) is 3.10. The van der Waals surface area contributed by atoms with Gasteiger partial charge in [0.05, 0.1) is 18.2 Å². The zero-order valence-electron chi connectivity index (χ0n) is 15.4. The quantitative estimate of drug-likeness (QED) is 0.613. The number of ketones is 1. The molecule has 0 aliphatic heterocycles. The molecule has 0 unspecified atom stereocenters. The maximum Gasteiger partial charge on any atom is 0.185 e. The van der Waals surface area contributed by atoms with Crippen LogP contribution in [0.5, 0.6) is 17.2 Å². The average molecular weight is 367 g/mol. The zero-order valence-corrected chi connectivity index (χ0v) is 15.4. The van der Waals surface area contributed by atoms with Crippen LogP contribution >= 0.6 is 0 Å². The number of aryl methyl sites for hydroxylation is 1. The summed E-state index contributed by atoms with van der Waals surface area (Å²) in [5.74, 6) is 0.651. The second-order valence-corrected chi connectivity index (χ2v) is 6.29. The summed E-state index contributed by atoms with van der Waals surface area (Å²) in [6.07, 6.45) is 1.03. The number of rotatable bonds is 6. The topological polar surface area (TPSA) is 92.8 Å². The Morgan fingerprint density at radius 3 is 2.48 bits per heavy atom. The van der Waals surface area contributed by atoms with Crippen molar-refractivity contribution in [3.63, 3.8) is 0 Å². The van der Waals surface area contributed by atoms with Gasteiger partial charge in [0.2, 0.25) is 0 Å². The van der Waals surface area contributed by atoms with Gasteiger partial charge in [-0.05, 0) is 42.7 Å². The minimum atomic E-state index is -0.154. The van der Waals surface area contributed by atoms with Crippen molar-refractivity contribution in [2.75, 3.05) is 7.11 Å². The van der Waals surface area contributed by atoms with E-state index in [4.69, 9.17) is 9.26 Å². The van der Waals surface area contributed by atoms with Crippen molar-refractivity contribution in [3.05, 3.63) is 47.7 Å². The number of methoxy groups -OCH3 is 1. The summed E-state index contributed by atoms with van der Waals surface area (Å²) in [6.45, 7) is 3.63. The molecular weight excluding hydrogens is 346 g/mol. The van der Waals surface area contributed by atoms with Gasteiger partial charge in [0.1, 0.15) is 17.2 Å². The Morgan fingerprint density at radius 2 is 1.85 bits per heavy atom. The summed E-state index contributed by atoms with van der Waals surface area (Å²) in [6, 6.07) is 10.0. The molecule has 6 heteroatoms. The van der Waals surface area contributed by atoms with Crippen LogP contribution in [0.3, 0.4) is 0 Å². The van der Waals surface area contributed by atoms with E-state index in [9.17, 15) is 15.0 Å². The number of ether oxygens (including phenoxy) is 1. The minimum Gasteiger partial charge on any atom is -0.508 e. The van der Waals surface area contributed by atoms with Crippen LogP contribution in [0.15, 0.2) is 40.9 Å². The normalized spacial score (nSPS) is 10.8. The zero-order chi connectivity index (χ0) is 19.6. The highest BCUT2D eigenvalue weighted by Gasteiger charge is 2.26. The molecule has 2 N–H and O–H groups in total. The molecular formula is C21H21NO5. The Labute approximate surface area is 157 Å². The second kappa shape index (κ2) is 7.53. The van der Waals surface area contributed by atoms with Crippen LogP contribution in [0.4, 0.5) is 0 Å². The Bertz CT molecular complexity index is 973. The van der Waals surface area contributed by atoms with E-state index in [1.54, 1.807) is 32.2 Å². The van der Waals surface area contributed by atoms with Crippen LogP contribution in [0.2, 0.25) is 0 Å². The van der Waals surface area contributed by atoms with E-state index in [2.05, 4.69) is 5.16 Å². The number of benzene rings is 2. The summed E-state index contributed by atoms with van der Waals surface area (Å²) in [7, 11) is 1.58. The maximum absolute atomic E-state index is 12.6. The van der Waals surface area contributed by atoms with E-state index in [-0.39, 0.29) is 28.7 Å². The smallest absolute Gasteiger partial charge is 0.185 e. The highest BCUT2D eigenvalue weighted by atomic mass is 16.5. The van der Waals surface area contributed by atoms with Crippen LogP contribution in [0, 0.1) is 6.92 Å². The number of hydrogen-bond acceptors (Lipinski definition) is 6. The number of phenolic OH excluding ortho intramolecular Hbond substituents is 2. The van der Waals surface area contributed by atoms with E-state index in [1.807, 2.05) is 19.1 Å². The van der Waals surface area contributed by atoms with Crippen LogP contribution in [-0.2, 0) is 0 Å². The standard InChI is InChI=1S/C21H21NO5/c1-4-5-16(23)20-19(13-6-8-14(26-3)9-7-13)21(27-22-20)15-10-12(2)17(24)11-18(15)25/h6-11,24-25H,4-5H2,1-3H3. The molecule has 3 rings (SSSR count). The predicted octanol–water partition coefficient (Wildman–Crippen LogP) is 4.72. The summed E-state index contributed by atoms with van der Waals surface area (Å²) >= 11 is 0. The van der Waals surface area contributed by atoms with E-state index in [1.165, 1.54) is 6.07 Å². The van der Waals surface area contributed by atoms with Gasteiger partial charge in [-0.2, -0.15) is 0 Å². The molecule has 2 aromatic carbocycles. The highest BCUT2D eigenvalue weighted by molar-refractivity contribution is 6.03. The van der Waals surface area contributed by atoms with Crippen LogP contribution in [0.25, 0.3) is 22.5 Å². The lowest BCUT2D eigenvalue weighted by Crippen LogP contribution is -2.01. The first-order valence-corrected chi connectivity index (χ1v) is 8.66. The summed E-state index contributed by atoms with van der Waals surface area (Å²) in [5, 5.41) is 24.1. The Kier molecular flexibility index (Phi) is 5.16. The van der Waals surface area contributed by atoms with Gasteiger partial charge in [-0.15, -0.1) is 0 Å². The van der Waals surface area contributed by atoms with E-state index in [0.717, 1.165) is 5.56 Å². The largest absolute Gasteiger partial charge is 0.508 e. The molecule has 1 aromatic heterocycles. The number of carbonyl (C=O) groups excluding carboxylic acids is 1. The van der Waals surface area contributed by atoms with E-state index >= 15 is 0 Å². The molecule has 0 bridgehead atoms. The first-order valence-electron chi connectivity index (χ1n) is 8.66. The lowest BCUT2D eigenvalue weighted by molar-refractivity contribution is 0.0973. The molecule has 0 aliphatic rings. The number of Topliss-reactive ketones (excluding diaryl/α,β-unsaturated/α-hetero) is 1. The molecule has 6 nitrogen and oxygen atoms in total. The van der Waals surface area contributed by atoms with Gasteiger partial charge in [0.15, 0.2) is 17.2 Å². The van der Waals surface area contributed by atoms with Gasteiger partial charge in [0.25, 0.3) is 0 Å². The van der Waals surface area contributed by atoms with Crippen LogP contribution in [0.1, 0.15) is 35.8 Å². The fraction of sp³-hybridized carbons (Fsp3) is 0.238. The van der Waals surface area contributed by atoms with Gasteiger partial charge < -0.3 is 19.5 Å². The molecule has 0 amide bonds.